The molecule has 4 rings (SSSR count). The van der Waals surface area contributed by atoms with Crippen molar-refractivity contribution in [3.05, 3.63) is 43.3 Å². The Bertz CT molecular complexity index is 1000. The number of likely N-dealkylation sites (tertiary alicyclic amines) is 1. The van der Waals surface area contributed by atoms with Crippen molar-refractivity contribution >= 4 is 27.7 Å². The minimum atomic E-state index is -1.06. The highest BCUT2D eigenvalue weighted by Gasteiger charge is 2.64. The van der Waals surface area contributed by atoms with Crippen LogP contribution in [0.2, 0.25) is 0 Å². The van der Waals surface area contributed by atoms with E-state index in [1.807, 2.05) is 10.6 Å². The average Bonchev–Trinajstić information content (AvgIpc) is 3.37. The van der Waals surface area contributed by atoms with E-state index >= 15 is 0 Å². The van der Waals surface area contributed by atoms with Gasteiger partial charge in [-0.15, -0.1) is 0 Å². The van der Waals surface area contributed by atoms with Crippen molar-refractivity contribution in [3.8, 4) is 0 Å². The lowest BCUT2D eigenvalue weighted by Crippen LogP contribution is -2.50. The molecule has 32 heavy (non-hydrogen) atoms. The third-order valence-electron chi connectivity index (χ3n) is 6.29. The van der Waals surface area contributed by atoms with E-state index in [0.29, 0.717) is 31.9 Å². The average molecular weight is 508 g/mol. The van der Waals surface area contributed by atoms with E-state index in [1.54, 1.807) is 11.0 Å². The standard InChI is InChI=1S/C18H22BrN9O4/c19-14-2-1-12-17(30)23-16-11-9-15(29)27(4-6-32-8-7-31-5-3-22-25-20)18(11,24-26-21)10-13(16)28(12)14/h1-2,11,13,16H,3-10H2,(H,23,30)/t11-,13+,16-,18+/m0/s1. The number of azide groups is 2. The molecule has 1 aromatic heterocycles. The van der Waals surface area contributed by atoms with Crippen molar-refractivity contribution in [2.24, 2.45) is 16.1 Å². The summed E-state index contributed by atoms with van der Waals surface area (Å²) in [5, 5.41) is 10.5. The van der Waals surface area contributed by atoms with Gasteiger partial charge in [0.25, 0.3) is 5.91 Å². The summed E-state index contributed by atoms with van der Waals surface area (Å²) in [5.74, 6) is -0.656. The highest BCUT2D eigenvalue weighted by molar-refractivity contribution is 9.10. The number of carbonyl (C=O) groups is 2. The molecule has 2 amide bonds. The molecule has 1 aliphatic carbocycles. The van der Waals surface area contributed by atoms with Crippen LogP contribution in [0.15, 0.2) is 27.0 Å². The molecule has 2 aliphatic heterocycles. The second-order valence-electron chi connectivity index (χ2n) is 7.79. The van der Waals surface area contributed by atoms with E-state index in [4.69, 9.17) is 15.0 Å². The van der Waals surface area contributed by atoms with Crippen molar-refractivity contribution in [1.82, 2.24) is 14.8 Å². The molecule has 0 bridgehead atoms. The van der Waals surface area contributed by atoms with Gasteiger partial charge in [0, 0.05) is 35.3 Å². The van der Waals surface area contributed by atoms with Crippen molar-refractivity contribution in [2.75, 3.05) is 39.5 Å². The minimum absolute atomic E-state index is 0.123. The Morgan fingerprint density at radius 2 is 1.97 bits per heavy atom. The van der Waals surface area contributed by atoms with Crippen molar-refractivity contribution in [3.63, 3.8) is 0 Å². The van der Waals surface area contributed by atoms with E-state index in [0.717, 1.165) is 4.60 Å². The summed E-state index contributed by atoms with van der Waals surface area (Å²) in [6, 6.07) is 3.11. The number of ether oxygens (including phenoxy) is 2. The number of nitrogens with zero attached hydrogens (tertiary/aromatic N) is 8. The first-order valence-electron chi connectivity index (χ1n) is 10.2. The number of amides is 2. The summed E-state index contributed by atoms with van der Waals surface area (Å²) in [6.45, 7) is 1.73. The van der Waals surface area contributed by atoms with Crippen molar-refractivity contribution in [1.29, 1.82) is 0 Å². The van der Waals surface area contributed by atoms with Gasteiger partial charge in [-0.05, 0) is 45.5 Å². The van der Waals surface area contributed by atoms with E-state index in [9.17, 15) is 15.1 Å². The summed E-state index contributed by atoms with van der Waals surface area (Å²) in [4.78, 5) is 32.8. The molecule has 4 atom stereocenters. The fraction of sp³-hybridized carbons (Fsp3) is 0.667. The zero-order valence-corrected chi connectivity index (χ0v) is 18.7. The van der Waals surface area contributed by atoms with Crippen LogP contribution in [0.3, 0.4) is 0 Å². The van der Waals surface area contributed by atoms with Crippen LogP contribution in [-0.2, 0) is 14.3 Å². The number of rotatable bonds is 10. The predicted molar refractivity (Wildman–Crippen MR) is 114 cm³/mol. The quantitative estimate of drug-likeness (QED) is 0.222. The van der Waals surface area contributed by atoms with Gasteiger partial charge in [0.15, 0.2) is 0 Å². The third-order valence-corrected chi connectivity index (χ3v) is 6.94. The number of hydrogen-bond donors (Lipinski definition) is 1. The molecule has 3 heterocycles. The van der Waals surface area contributed by atoms with Crippen LogP contribution in [0.4, 0.5) is 0 Å². The lowest BCUT2D eigenvalue weighted by molar-refractivity contribution is -0.132. The largest absolute Gasteiger partial charge is 0.379 e. The fourth-order valence-corrected chi connectivity index (χ4v) is 5.66. The number of fused-ring (bicyclic) bond motifs is 5. The van der Waals surface area contributed by atoms with E-state index < -0.39 is 5.66 Å². The van der Waals surface area contributed by atoms with Crippen LogP contribution in [-0.4, -0.2) is 72.5 Å². The van der Waals surface area contributed by atoms with Gasteiger partial charge in [0.1, 0.15) is 11.4 Å². The number of halogens is 1. The topological polar surface area (TPSA) is 170 Å². The van der Waals surface area contributed by atoms with E-state index in [2.05, 4.69) is 41.3 Å². The molecular formula is C18H22BrN9O4. The second kappa shape index (κ2) is 9.39. The van der Waals surface area contributed by atoms with Gasteiger partial charge in [-0.1, -0.05) is 10.2 Å². The predicted octanol–water partition coefficient (Wildman–Crippen LogP) is 2.51. The van der Waals surface area contributed by atoms with Crippen molar-refractivity contribution in [2.45, 2.75) is 30.6 Å². The zero-order chi connectivity index (χ0) is 22.7. The lowest BCUT2D eigenvalue weighted by Gasteiger charge is -2.34. The molecule has 0 radical (unpaired) electrons. The van der Waals surface area contributed by atoms with E-state index in [1.165, 1.54) is 0 Å². The summed E-state index contributed by atoms with van der Waals surface area (Å²) in [5.41, 5.74) is 17.0. The normalized spacial score (nSPS) is 27.8. The Morgan fingerprint density at radius 3 is 2.72 bits per heavy atom. The minimum Gasteiger partial charge on any atom is -0.379 e. The molecule has 13 nitrogen and oxygen atoms in total. The maximum Gasteiger partial charge on any atom is 0.268 e. The Kier molecular flexibility index (Phi) is 6.58. The maximum atomic E-state index is 12.8. The molecule has 0 spiro atoms. The van der Waals surface area contributed by atoms with Crippen LogP contribution in [0.1, 0.15) is 29.4 Å². The summed E-state index contributed by atoms with van der Waals surface area (Å²) in [7, 11) is 0. The number of nitrogens with one attached hydrogen (secondary N) is 1. The molecule has 0 aromatic carbocycles. The Hall–Kier alpha value is -2.76. The van der Waals surface area contributed by atoms with Crippen molar-refractivity contribution < 1.29 is 19.1 Å². The number of aromatic nitrogens is 1. The van der Waals surface area contributed by atoms with Gasteiger partial charge in [-0.25, -0.2) is 0 Å². The number of carbonyl (C=O) groups excluding carboxylic acids is 2. The Morgan fingerprint density at radius 1 is 1.19 bits per heavy atom. The highest BCUT2D eigenvalue weighted by atomic mass is 79.9. The monoisotopic (exact) mass is 507 g/mol. The molecular weight excluding hydrogens is 486 g/mol. The molecule has 1 N–H and O–H groups in total. The molecule has 170 valence electrons. The molecule has 1 saturated carbocycles. The first-order valence-corrected chi connectivity index (χ1v) is 11.0. The van der Waals surface area contributed by atoms with Gasteiger partial charge in [0.05, 0.1) is 43.1 Å². The first-order chi connectivity index (χ1) is 15.5. The maximum absolute atomic E-state index is 12.8. The number of hydrogen-bond acceptors (Lipinski definition) is 6. The molecule has 1 aromatic rings. The summed E-state index contributed by atoms with van der Waals surface area (Å²) < 4.78 is 13.6. The smallest absolute Gasteiger partial charge is 0.268 e. The van der Waals surface area contributed by atoms with Gasteiger partial charge in [-0.2, -0.15) is 0 Å². The van der Waals surface area contributed by atoms with Gasteiger partial charge >= 0.3 is 0 Å². The second-order valence-corrected chi connectivity index (χ2v) is 8.60. The fourth-order valence-electron chi connectivity index (χ4n) is 5.07. The van der Waals surface area contributed by atoms with Crippen LogP contribution in [0.25, 0.3) is 20.9 Å². The lowest BCUT2D eigenvalue weighted by atomic mass is 9.93. The van der Waals surface area contributed by atoms with Crippen LogP contribution >= 0.6 is 15.9 Å². The third kappa shape index (κ3) is 3.80. The van der Waals surface area contributed by atoms with Crippen LogP contribution in [0.5, 0.6) is 0 Å². The Balaban J connectivity index is 1.43. The molecule has 3 aliphatic rings. The molecule has 14 heteroatoms. The highest BCUT2D eigenvalue weighted by Crippen LogP contribution is 2.54. The molecule has 2 fully saturated rings. The molecule has 1 saturated heterocycles. The van der Waals surface area contributed by atoms with Gasteiger partial charge in [-0.3, -0.25) is 9.59 Å². The van der Waals surface area contributed by atoms with Gasteiger partial charge < -0.3 is 24.3 Å². The Labute approximate surface area is 191 Å². The van der Waals surface area contributed by atoms with Crippen LogP contribution < -0.4 is 5.32 Å². The SMILES string of the molecule is [N-]=[N+]=NCCOCCOCCN1C(=O)C[C@H]2[C@@H]3NC(=O)c4ccc(Br)n4[C@@H]3C[C@]21N=[N+]=[N-]. The summed E-state index contributed by atoms with van der Waals surface area (Å²) in [6.07, 6.45) is 0.596. The van der Waals surface area contributed by atoms with Gasteiger partial charge in [0.2, 0.25) is 5.91 Å². The first kappa shape index (κ1) is 22.4. The van der Waals surface area contributed by atoms with E-state index in [-0.39, 0.29) is 55.9 Å². The van der Waals surface area contributed by atoms with Crippen LogP contribution in [0, 0.1) is 5.92 Å². The molecule has 0 unspecified atom stereocenters. The zero-order valence-electron chi connectivity index (χ0n) is 17.1. The summed E-state index contributed by atoms with van der Waals surface area (Å²) >= 11 is 3.51.